The predicted octanol–water partition coefficient (Wildman–Crippen LogP) is -0.156. The standard InChI is InChI=1S/C9H15N3OS/c1-6-4-12(5-8(13)10-6)9(14)11-7-2-3-7/h6-7H,2-5H2,1H3,(H,10,13)(H,11,14). The minimum Gasteiger partial charge on any atom is -0.360 e. The normalized spacial score (nSPS) is 27.1. The monoisotopic (exact) mass is 213 g/mol. The summed E-state index contributed by atoms with van der Waals surface area (Å²) in [6, 6.07) is 0.748. The summed E-state index contributed by atoms with van der Waals surface area (Å²) in [4.78, 5) is 13.2. The zero-order valence-corrected chi connectivity index (χ0v) is 9.06. The van der Waals surface area contributed by atoms with Gasteiger partial charge in [-0.1, -0.05) is 0 Å². The molecule has 2 N–H and O–H groups in total. The highest BCUT2D eigenvalue weighted by Crippen LogP contribution is 2.19. The van der Waals surface area contributed by atoms with Crippen molar-refractivity contribution in [3.63, 3.8) is 0 Å². The minimum atomic E-state index is 0.0590. The van der Waals surface area contributed by atoms with Crippen LogP contribution in [0.3, 0.4) is 0 Å². The highest BCUT2D eigenvalue weighted by molar-refractivity contribution is 7.80. The fraction of sp³-hybridized carbons (Fsp3) is 0.778. The zero-order chi connectivity index (χ0) is 10.1. The van der Waals surface area contributed by atoms with E-state index in [2.05, 4.69) is 10.6 Å². The van der Waals surface area contributed by atoms with Crippen molar-refractivity contribution >= 4 is 23.2 Å². The van der Waals surface area contributed by atoms with Crippen LogP contribution in [0.4, 0.5) is 0 Å². The number of carbonyl (C=O) groups excluding carboxylic acids is 1. The molecule has 1 aliphatic heterocycles. The molecular formula is C9H15N3OS. The molecule has 2 aliphatic rings. The third-order valence-electron chi connectivity index (χ3n) is 2.43. The van der Waals surface area contributed by atoms with Crippen LogP contribution in [0.15, 0.2) is 0 Å². The van der Waals surface area contributed by atoms with E-state index in [0.717, 1.165) is 11.7 Å². The molecule has 1 saturated carbocycles. The van der Waals surface area contributed by atoms with Crippen LogP contribution in [0.1, 0.15) is 19.8 Å². The first kappa shape index (κ1) is 9.71. The third kappa shape index (κ3) is 2.35. The topological polar surface area (TPSA) is 44.4 Å². The lowest BCUT2D eigenvalue weighted by molar-refractivity contribution is -0.123. The Morgan fingerprint density at radius 1 is 1.64 bits per heavy atom. The van der Waals surface area contributed by atoms with Gasteiger partial charge in [-0.3, -0.25) is 4.79 Å². The molecule has 0 spiro atoms. The molecular weight excluding hydrogens is 198 g/mol. The van der Waals surface area contributed by atoms with Crippen molar-refractivity contribution in [2.75, 3.05) is 13.1 Å². The number of thiocarbonyl (C=S) groups is 1. The van der Waals surface area contributed by atoms with Gasteiger partial charge in [0, 0.05) is 18.6 Å². The number of amides is 1. The Kier molecular flexibility index (Phi) is 2.58. The first-order valence-corrected chi connectivity index (χ1v) is 5.41. The number of rotatable bonds is 1. The fourth-order valence-corrected chi connectivity index (χ4v) is 1.89. The highest BCUT2D eigenvalue weighted by atomic mass is 32.1. The van der Waals surface area contributed by atoms with Crippen LogP contribution in [0.25, 0.3) is 0 Å². The molecule has 1 atom stereocenters. The first-order valence-electron chi connectivity index (χ1n) is 5.00. The lowest BCUT2D eigenvalue weighted by atomic mass is 10.2. The SMILES string of the molecule is CC1CN(C(=S)NC2CC2)CC(=O)N1. The molecule has 14 heavy (non-hydrogen) atoms. The van der Waals surface area contributed by atoms with Crippen molar-refractivity contribution in [3.8, 4) is 0 Å². The first-order chi connectivity index (χ1) is 6.65. The maximum Gasteiger partial charge on any atom is 0.239 e. The van der Waals surface area contributed by atoms with Gasteiger partial charge in [-0.05, 0) is 32.0 Å². The summed E-state index contributed by atoms with van der Waals surface area (Å²) in [5, 5.41) is 6.84. The second-order valence-electron chi connectivity index (χ2n) is 4.07. The minimum absolute atomic E-state index is 0.0590. The van der Waals surface area contributed by atoms with E-state index in [1.807, 2.05) is 11.8 Å². The fourth-order valence-electron chi connectivity index (χ4n) is 1.58. The highest BCUT2D eigenvalue weighted by Gasteiger charge is 2.27. The molecule has 2 rings (SSSR count). The molecule has 2 fully saturated rings. The third-order valence-corrected chi connectivity index (χ3v) is 2.80. The summed E-state index contributed by atoms with van der Waals surface area (Å²) in [5.74, 6) is 0.0590. The van der Waals surface area contributed by atoms with Gasteiger partial charge < -0.3 is 15.5 Å². The Labute approximate surface area is 89.0 Å². The molecule has 0 aromatic rings. The van der Waals surface area contributed by atoms with Gasteiger partial charge in [0.25, 0.3) is 0 Å². The maximum atomic E-state index is 11.2. The van der Waals surface area contributed by atoms with Crippen LogP contribution < -0.4 is 10.6 Å². The van der Waals surface area contributed by atoms with Crippen molar-refractivity contribution < 1.29 is 4.79 Å². The number of nitrogens with one attached hydrogen (secondary N) is 2. The Bertz CT molecular complexity index is 265. The van der Waals surface area contributed by atoms with E-state index < -0.39 is 0 Å². The van der Waals surface area contributed by atoms with E-state index in [-0.39, 0.29) is 11.9 Å². The van der Waals surface area contributed by atoms with Crippen molar-refractivity contribution in [2.45, 2.75) is 31.8 Å². The van der Waals surface area contributed by atoms with Gasteiger partial charge in [0.1, 0.15) is 0 Å². The molecule has 1 heterocycles. The smallest absolute Gasteiger partial charge is 0.239 e. The Morgan fingerprint density at radius 3 is 2.93 bits per heavy atom. The summed E-state index contributed by atoms with van der Waals surface area (Å²) in [6.07, 6.45) is 2.41. The summed E-state index contributed by atoms with van der Waals surface area (Å²) < 4.78 is 0. The largest absolute Gasteiger partial charge is 0.360 e. The van der Waals surface area contributed by atoms with Crippen molar-refractivity contribution in [1.82, 2.24) is 15.5 Å². The van der Waals surface area contributed by atoms with E-state index in [4.69, 9.17) is 12.2 Å². The van der Waals surface area contributed by atoms with E-state index in [0.29, 0.717) is 12.6 Å². The lowest BCUT2D eigenvalue weighted by Gasteiger charge is -2.33. The number of nitrogens with zero attached hydrogens (tertiary/aromatic N) is 1. The van der Waals surface area contributed by atoms with Crippen molar-refractivity contribution in [3.05, 3.63) is 0 Å². The summed E-state index contributed by atoms with van der Waals surface area (Å²) in [5.41, 5.74) is 0. The maximum absolute atomic E-state index is 11.2. The van der Waals surface area contributed by atoms with Crippen molar-refractivity contribution in [2.24, 2.45) is 0 Å². The number of piperazine rings is 1. The van der Waals surface area contributed by atoms with Gasteiger partial charge in [-0.25, -0.2) is 0 Å². The summed E-state index contributed by atoms with van der Waals surface area (Å²) >= 11 is 5.23. The molecule has 1 saturated heterocycles. The van der Waals surface area contributed by atoms with Crippen LogP contribution in [0, 0.1) is 0 Å². The number of hydrogen-bond acceptors (Lipinski definition) is 2. The number of hydrogen-bond donors (Lipinski definition) is 2. The molecule has 78 valence electrons. The average molecular weight is 213 g/mol. The average Bonchev–Trinajstić information content (AvgIpc) is 2.86. The molecule has 0 radical (unpaired) electrons. The summed E-state index contributed by atoms with van der Waals surface area (Å²) in [6.45, 7) is 3.19. The Morgan fingerprint density at radius 2 is 2.36 bits per heavy atom. The molecule has 0 aromatic heterocycles. The van der Waals surface area contributed by atoms with E-state index in [9.17, 15) is 4.79 Å². The molecule has 4 nitrogen and oxygen atoms in total. The van der Waals surface area contributed by atoms with E-state index >= 15 is 0 Å². The van der Waals surface area contributed by atoms with Gasteiger partial charge in [0.2, 0.25) is 5.91 Å². The molecule has 0 aromatic carbocycles. The molecule has 1 unspecified atom stereocenters. The van der Waals surface area contributed by atoms with Gasteiger partial charge in [0.05, 0.1) is 6.54 Å². The predicted molar refractivity (Wildman–Crippen MR) is 57.9 cm³/mol. The quantitative estimate of drug-likeness (QED) is 0.594. The second-order valence-corrected chi connectivity index (χ2v) is 4.46. The van der Waals surface area contributed by atoms with E-state index in [1.165, 1.54) is 12.8 Å². The van der Waals surface area contributed by atoms with E-state index in [1.54, 1.807) is 0 Å². The van der Waals surface area contributed by atoms with Crippen LogP contribution in [0.5, 0.6) is 0 Å². The van der Waals surface area contributed by atoms with Gasteiger partial charge in [-0.15, -0.1) is 0 Å². The summed E-state index contributed by atoms with van der Waals surface area (Å²) in [7, 11) is 0. The number of carbonyl (C=O) groups is 1. The van der Waals surface area contributed by atoms with Gasteiger partial charge in [-0.2, -0.15) is 0 Å². The van der Waals surface area contributed by atoms with Crippen molar-refractivity contribution in [1.29, 1.82) is 0 Å². The van der Waals surface area contributed by atoms with Crippen LogP contribution in [-0.2, 0) is 4.79 Å². The Hall–Kier alpha value is -0.840. The molecule has 0 bridgehead atoms. The van der Waals surface area contributed by atoms with Crippen LogP contribution in [0.2, 0.25) is 0 Å². The molecule has 1 aliphatic carbocycles. The van der Waals surface area contributed by atoms with Crippen LogP contribution in [-0.4, -0.2) is 41.1 Å². The van der Waals surface area contributed by atoms with Crippen LogP contribution >= 0.6 is 12.2 Å². The molecule has 1 amide bonds. The van der Waals surface area contributed by atoms with Gasteiger partial charge in [0.15, 0.2) is 5.11 Å². The zero-order valence-electron chi connectivity index (χ0n) is 8.25. The molecule has 5 heteroatoms. The van der Waals surface area contributed by atoms with Gasteiger partial charge >= 0.3 is 0 Å². The lowest BCUT2D eigenvalue weighted by Crippen LogP contribution is -2.56. The second kappa shape index (κ2) is 3.73. The Balaban J connectivity index is 1.88.